The molecule has 1 aromatic rings. The van der Waals surface area contributed by atoms with Crippen LogP contribution in [0.3, 0.4) is 0 Å². The molecule has 1 atom stereocenters. The molecule has 3 aliphatic rings. The number of hydrogen-bond donors (Lipinski definition) is 1. The van der Waals surface area contributed by atoms with E-state index in [2.05, 4.69) is 15.3 Å². The molecule has 4 rings (SSSR count). The van der Waals surface area contributed by atoms with Crippen LogP contribution in [-0.4, -0.2) is 40.5 Å². The number of piperidine rings is 1. The Bertz CT molecular complexity index is 678. The fourth-order valence-electron chi connectivity index (χ4n) is 5.10. The summed E-state index contributed by atoms with van der Waals surface area (Å²) in [6.45, 7) is 4.81. The summed E-state index contributed by atoms with van der Waals surface area (Å²) in [6, 6.07) is 0.500. The summed E-state index contributed by atoms with van der Waals surface area (Å²) in [7, 11) is 0. The Morgan fingerprint density at radius 3 is 2.62 bits per heavy atom. The molecule has 2 heterocycles. The zero-order chi connectivity index (χ0) is 20.1. The van der Waals surface area contributed by atoms with E-state index in [1.165, 1.54) is 62.6 Å². The summed E-state index contributed by atoms with van der Waals surface area (Å²) in [5.74, 6) is -0.123. The van der Waals surface area contributed by atoms with E-state index >= 15 is 0 Å². The molecule has 1 unspecified atom stereocenters. The van der Waals surface area contributed by atoms with E-state index in [9.17, 15) is 4.79 Å². The zero-order valence-electron chi connectivity index (χ0n) is 17.8. The molecule has 1 saturated carbocycles. The lowest BCUT2D eigenvalue weighted by Crippen LogP contribution is -2.41. The lowest BCUT2D eigenvalue weighted by molar-refractivity contribution is -0.148. The van der Waals surface area contributed by atoms with Crippen molar-refractivity contribution < 1.29 is 14.4 Å². The van der Waals surface area contributed by atoms with Crippen LogP contribution in [0, 0.1) is 5.92 Å². The highest BCUT2D eigenvalue weighted by Gasteiger charge is 2.33. The van der Waals surface area contributed by atoms with Gasteiger partial charge < -0.3 is 4.74 Å². The van der Waals surface area contributed by atoms with E-state index in [-0.39, 0.29) is 11.9 Å². The second-order valence-electron chi connectivity index (χ2n) is 8.73. The molecular weight excluding hydrogens is 368 g/mol. The first-order chi connectivity index (χ1) is 14.3. The first-order valence-electron chi connectivity index (χ1n) is 11.6. The number of carbonyl (C=O) groups is 1. The Kier molecular flexibility index (Phi) is 7.21. The number of carbonyl (C=O) groups excluding carboxylic acids is 1. The second kappa shape index (κ2) is 10.0. The molecule has 1 aliphatic heterocycles. The smallest absolute Gasteiger partial charge is 0.309 e. The monoisotopic (exact) mass is 404 g/mol. The molecule has 1 N–H and O–H groups in total. The molecular formula is C22H36N4O3. The minimum absolute atomic E-state index is 0.0553. The van der Waals surface area contributed by atoms with Crippen molar-refractivity contribution in [1.29, 1.82) is 0 Å². The standard InChI is InChI=1S/C22H36N4O3/c1-2-28-22(27)17-11-12-21-19(15-17)20(16-29-24-25-13-7-4-8-14-25)23-26(21)18-9-5-3-6-10-18/h17-18,24H,2-16H2,1H3. The van der Waals surface area contributed by atoms with Gasteiger partial charge in [-0.15, -0.1) is 5.59 Å². The van der Waals surface area contributed by atoms with Gasteiger partial charge in [0, 0.05) is 18.8 Å². The third kappa shape index (κ3) is 5.01. The van der Waals surface area contributed by atoms with E-state index in [0.29, 0.717) is 19.3 Å². The maximum atomic E-state index is 12.3. The minimum atomic E-state index is -0.0677. The molecule has 2 fully saturated rings. The fourth-order valence-corrected chi connectivity index (χ4v) is 5.10. The maximum Gasteiger partial charge on any atom is 0.309 e. The SMILES string of the molecule is CCOC(=O)C1CCc2c(c(CONN3CCCCC3)nn2C2CCCCC2)C1. The van der Waals surface area contributed by atoms with Crippen LogP contribution in [0.15, 0.2) is 0 Å². The van der Waals surface area contributed by atoms with Gasteiger partial charge >= 0.3 is 5.97 Å². The van der Waals surface area contributed by atoms with Gasteiger partial charge in [0.2, 0.25) is 0 Å². The maximum absolute atomic E-state index is 12.3. The van der Waals surface area contributed by atoms with Gasteiger partial charge in [-0.25, -0.2) is 5.01 Å². The third-order valence-electron chi connectivity index (χ3n) is 6.68. The summed E-state index contributed by atoms with van der Waals surface area (Å²) >= 11 is 0. The Morgan fingerprint density at radius 1 is 1.10 bits per heavy atom. The Hall–Kier alpha value is -1.44. The van der Waals surface area contributed by atoms with Crippen molar-refractivity contribution in [2.45, 2.75) is 90.2 Å². The first-order valence-corrected chi connectivity index (χ1v) is 11.6. The van der Waals surface area contributed by atoms with Crippen molar-refractivity contribution >= 4 is 5.97 Å². The van der Waals surface area contributed by atoms with Gasteiger partial charge in [0.25, 0.3) is 0 Å². The summed E-state index contributed by atoms with van der Waals surface area (Å²) in [5, 5.41) is 7.17. The van der Waals surface area contributed by atoms with Crippen molar-refractivity contribution in [2.24, 2.45) is 5.92 Å². The normalized spacial score (nSPS) is 23.7. The number of ether oxygens (including phenoxy) is 1. The van der Waals surface area contributed by atoms with Gasteiger partial charge in [0.1, 0.15) is 6.61 Å². The quantitative estimate of drug-likeness (QED) is 0.554. The van der Waals surface area contributed by atoms with Gasteiger partial charge in [-0.3, -0.25) is 14.3 Å². The Balaban J connectivity index is 1.48. The van der Waals surface area contributed by atoms with Gasteiger partial charge in [0.05, 0.1) is 24.3 Å². The second-order valence-corrected chi connectivity index (χ2v) is 8.73. The van der Waals surface area contributed by atoms with Crippen LogP contribution in [0.1, 0.15) is 87.7 Å². The molecule has 7 nitrogen and oxygen atoms in total. The van der Waals surface area contributed by atoms with E-state index in [1.54, 1.807) is 0 Å². The topological polar surface area (TPSA) is 68.6 Å². The molecule has 0 spiro atoms. The van der Waals surface area contributed by atoms with Crippen LogP contribution in [0.2, 0.25) is 0 Å². The van der Waals surface area contributed by atoms with E-state index in [1.807, 2.05) is 6.92 Å². The van der Waals surface area contributed by atoms with Gasteiger partial charge in [-0.2, -0.15) is 5.10 Å². The number of rotatable bonds is 7. The van der Waals surface area contributed by atoms with Crippen LogP contribution in [0.5, 0.6) is 0 Å². The number of esters is 1. The summed E-state index contributed by atoms with van der Waals surface area (Å²) in [4.78, 5) is 18.2. The Morgan fingerprint density at radius 2 is 1.86 bits per heavy atom. The number of hydrogen-bond acceptors (Lipinski definition) is 6. The van der Waals surface area contributed by atoms with Crippen LogP contribution in [0.4, 0.5) is 0 Å². The highest BCUT2D eigenvalue weighted by Crippen LogP contribution is 2.35. The summed E-state index contributed by atoms with van der Waals surface area (Å²) in [6.07, 6.45) is 12.5. The van der Waals surface area contributed by atoms with Gasteiger partial charge in [-0.05, 0) is 57.4 Å². The fraction of sp³-hybridized carbons (Fsp3) is 0.818. The van der Waals surface area contributed by atoms with Crippen molar-refractivity contribution in [3.8, 4) is 0 Å². The summed E-state index contributed by atoms with van der Waals surface area (Å²) < 4.78 is 7.59. The lowest BCUT2D eigenvalue weighted by Gasteiger charge is -2.27. The Labute approximate surface area is 174 Å². The zero-order valence-corrected chi connectivity index (χ0v) is 17.8. The predicted molar refractivity (Wildman–Crippen MR) is 110 cm³/mol. The van der Waals surface area contributed by atoms with Crippen LogP contribution >= 0.6 is 0 Å². The highest BCUT2D eigenvalue weighted by molar-refractivity contribution is 5.73. The molecule has 2 aliphatic carbocycles. The summed E-state index contributed by atoms with van der Waals surface area (Å²) in [5.41, 5.74) is 6.65. The predicted octanol–water partition coefficient (Wildman–Crippen LogP) is 3.48. The van der Waals surface area contributed by atoms with E-state index in [0.717, 1.165) is 38.0 Å². The molecule has 162 valence electrons. The molecule has 29 heavy (non-hydrogen) atoms. The number of aromatic nitrogens is 2. The molecule has 0 amide bonds. The molecule has 0 aromatic carbocycles. The first kappa shape index (κ1) is 20.8. The molecule has 1 aromatic heterocycles. The molecule has 0 bridgehead atoms. The lowest BCUT2D eigenvalue weighted by atomic mass is 9.86. The minimum Gasteiger partial charge on any atom is -0.466 e. The average Bonchev–Trinajstić information content (AvgIpc) is 3.13. The molecule has 0 radical (unpaired) electrons. The number of hydrazine groups is 1. The van der Waals surface area contributed by atoms with Crippen molar-refractivity contribution in [1.82, 2.24) is 20.4 Å². The van der Waals surface area contributed by atoms with Crippen LogP contribution in [-0.2, 0) is 33.8 Å². The number of fused-ring (bicyclic) bond motifs is 1. The van der Waals surface area contributed by atoms with Gasteiger partial charge in [-0.1, -0.05) is 25.7 Å². The molecule has 7 heteroatoms. The van der Waals surface area contributed by atoms with Gasteiger partial charge in [0.15, 0.2) is 0 Å². The average molecular weight is 405 g/mol. The van der Waals surface area contributed by atoms with E-state index in [4.69, 9.17) is 14.7 Å². The largest absolute Gasteiger partial charge is 0.466 e. The van der Waals surface area contributed by atoms with Crippen molar-refractivity contribution in [3.63, 3.8) is 0 Å². The third-order valence-corrected chi connectivity index (χ3v) is 6.68. The molecule has 1 saturated heterocycles. The van der Waals surface area contributed by atoms with E-state index < -0.39 is 0 Å². The van der Waals surface area contributed by atoms with Crippen LogP contribution in [0.25, 0.3) is 0 Å². The van der Waals surface area contributed by atoms with Crippen molar-refractivity contribution in [3.05, 3.63) is 17.0 Å². The number of nitrogens with one attached hydrogen (secondary N) is 1. The van der Waals surface area contributed by atoms with Crippen LogP contribution < -0.4 is 5.59 Å². The van der Waals surface area contributed by atoms with Crippen molar-refractivity contribution in [2.75, 3.05) is 19.7 Å². The number of nitrogens with zero attached hydrogens (tertiary/aromatic N) is 3. The highest BCUT2D eigenvalue weighted by atomic mass is 16.7.